The van der Waals surface area contributed by atoms with E-state index in [-0.39, 0.29) is 5.82 Å². The summed E-state index contributed by atoms with van der Waals surface area (Å²) in [5, 5.41) is 9.82. The standard InChI is InChI=1S/C14H21FO/c1-2-3-4-5-6-11-14(16)12-9-7-8-10-13(12)15/h7-10,14,16H,2-6,11H2,1H3. The van der Waals surface area contributed by atoms with Gasteiger partial charge in [-0.15, -0.1) is 0 Å². The van der Waals surface area contributed by atoms with Crippen LogP contribution in [0.3, 0.4) is 0 Å². The Morgan fingerprint density at radius 2 is 1.81 bits per heavy atom. The van der Waals surface area contributed by atoms with Crippen molar-refractivity contribution >= 4 is 0 Å². The molecule has 90 valence electrons. The summed E-state index contributed by atoms with van der Waals surface area (Å²) in [4.78, 5) is 0. The van der Waals surface area contributed by atoms with Crippen LogP contribution in [0.15, 0.2) is 24.3 Å². The molecule has 0 bridgehead atoms. The molecule has 1 rings (SSSR count). The molecule has 0 amide bonds. The highest BCUT2D eigenvalue weighted by Gasteiger charge is 2.11. The maximum Gasteiger partial charge on any atom is 0.128 e. The van der Waals surface area contributed by atoms with E-state index in [9.17, 15) is 9.50 Å². The predicted molar refractivity (Wildman–Crippen MR) is 64.7 cm³/mol. The molecule has 1 atom stereocenters. The molecule has 1 nitrogen and oxygen atoms in total. The molecule has 1 N–H and O–H groups in total. The Morgan fingerprint density at radius 1 is 1.12 bits per heavy atom. The first-order chi connectivity index (χ1) is 7.75. The number of unbranched alkanes of at least 4 members (excludes halogenated alkanes) is 4. The van der Waals surface area contributed by atoms with Gasteiger partial charge in [0.25, 0.3) is 0 Å². The molecule has 0 saturated heterocycles. The van der Waals surface area contributed by atoms with Crippen LogP contribution in [0.5, 0.6) is 0 Å². The number of halogens is 1. The minimum atomic E-state index is -0.650. The van der Waals surface area contributed by atoms with Crippen LogP contribution in [-0.4, -0.2) is 5.11 Å². The van der Waals surface area contributed by atoms with Crippen LogP contribution in [0.4, 0.5) is 4.39 Å². The van der Waals surface area contributed by atoms with Gasteiger partial charge in [0.1, 0.15) is 5.82 Å². The molecule has 1 aromatic carbocycles. The van der Waals surface area contributed by atoms with Gasteiger partial charge in [-0.25, -0.2) is 4.39 Å². The fourth-order valence-electron chi connectivity index (χ4n) is 1.84. The van der Waals surface area contributed by atoms with Crippen LogP contribution < -0.4 is 0 Å². The van der Waals surface area contributed by atoms with Gasteiger partial charge in [-0.1, -0.05) is 57.2 Å². The van der Waals surface area contributed by atoms with Crippen LogP contribution >= 0.6 is 0 Å². The van der Waals surface area contributed by atoms with Crippen molar-refractivity contribution in [2.24, 2.45) is 0 Å². The van der Waals surface area contributed by atoms with Gasteiger partial charge in [-0.2, -0.15) is 0 Å². The van der Waals surface area contributed by atoms with E-state index in [1.807, 2.05) is 0 Å². The number of rotatable bonds is 7. The van der Waals surface area contributed by atoms with Gasteiger partial charge in [0.2, 0.25) is 0 Å². The van der Waals surface area contributed by atoms with Crippen molar-refractivity contribution in [3.63, 3.8) is 0 Å². The van der Waals surface area contributed by atoms with Gasteiger partial charge >= 0.3 is 0 Å². The summed E-state index contributed by atoms with van der Waals surface area (Å²) in [7, 11) is 0. The first kappa shape index (κ1) is 13.2. The smallest absolute Gasteiger partial charge is 0.128 e. The molecule has 0 aliphatic rings. The Balaban J connectivity index is 2.30. The van der Waals surface area contributed by atoms with E-state index >= 15 is 0 Å². The number of aliphatic hydroxyl groups excluding tert-OH is 1. The lowest BCUT2D eigenvalue weighted by molar-refractivity contribution is 0.159. The molecule has 0 saturated carbocycles. The Bertz CT molecular complexity index is 299. The molecular formula is C14H21FO. The van der Waals surface area contributed by atoms with Crippen molar-refractivity contribution in [2.75, 3.05) is 0 Å². The molecule has 0 fully saturated rings. The third kappa shape index (κ3) is 4.31. The number of hydrogen-bond donors (Lipinski definition) is 1. The highest BCUT2D eigenvalue weighted by Crippen LogP contribution is 2.22. The molecule has 0 heterocycles. The second kappa shape index (κ2) is 7.39. The normalized spacial score (nSPS) is 12.7. The maximum atomic E-state index is 13.3. The number of aliphatic hydroxyl groups is 1. The third-order valence-electron chi connectivity index (χ3n) is 2.85. The summed E-state index contributed by atoms with van der Waals surface area (Å²) in [6.45, 7) is 2.17. The SMILES string of the molecule is CCCCCCCC(O)c1ccccc1F. The Hall–Kier alpha value is -0.890. The van der Waals surface area contributed by atoms with Gasteiger partial charge < -0.3 is 5.11 Å². The van der Waals surface area contributed by atoms with E-state index in [4.69, 9.17) is 0 Å². The molecule has 0 aliphatic heterocycles. The summed E-state index contributed by atoms with van der Waals surface area (Å²) in [6.07, 6.45) is 5.77. The van der Waals surface area contributed by atoms with Crippen molar-refractivity contribution in [3.8, 4) is 0 Å². The van der Waals surface area contributed by atoms with E-state index in [2.05, 4.69) is 6.92 Å². The zero-order chi connectivity index (χ0) is 11.8. The number of hydrogen-bond acceptors (Lipinski definition) is 1. The highest BCUT2D eigenvalue weighted by molar-refractivity contribution is 5.19. The van der Waals surface area contributed by atoms with E-state index in [1.165, 1.54) is 25.3 Å². The average Bonchev–Trinajstić information content (AvgIpc) is 2.29. The lowest BCUT2D eigenvalue weighted by Gasteiger charge is -2.11. The molecule has 2 heteroatoms. The van der Waals surface area contributed by atoms with Gasteiger partial charge in [0, 0.05) is 5.56 Å². The second-order valence-corrected chi connectivity index (χ2v) is 4.24. The van der Waals surface area contributed by atoms with Gasteiger partial charge in [-0.05, 0) is 12.5 Å². The minimum absolute atomic E-state index is 0.302. The monoisotopic (exact) mass is 224 g/mol. The molecule has 16 heavy (non-hydrogen) atoms. The first-order valence-electron chi connectivity index (χ1n) is 6.18. The lowest BCUT2D eigenvalue weighted by Crippen LogP contribution is -2.00. The molecule has 0 spiro atoms. The molecule has 0 radical (unpaired) electrons. The van der Waals surface area contributed by atoms with E-state index < -0.39 is 6.10 Å². The summed E-state index contributed by atoms with van der Waals surface area (Å²) in [5.74, 6) is -0.302. The van der Waals surface area contributed by atoms with Gasteiger partial charge in [0.15, 0.2) is 0 Å². The average molecular weight is 224 g/mol. The van der Waals surface area contributed by atoms with Gasteiger partial charge in [-0.3, -0.25) is 0 Å². The molecule has 1 unspecified atom stereocenters. The van der Waals surface area contributed by atoms with Crippen molar-refractivity contribution in [3.05, 3.63) is 35.6 Å². The fraction of sp³-hybridized carbons (Fsp3) is 0.571. The largest absolute Gasteiger partial charge is 0.388 e. The zero-order valence-corrected chi connectivity index (χ0v) is 9.95. The van der Waals surface area contributed by atoms with Crippen LogP contribution in [0, 0.1) is 5.82 Å². The number of benzene rings is 1. The van der Waals surface area contributed by atoms with Crippen LogP contribution in [0.2, 0.25) is 0 Å². The summed E-state index contributed by atoms with van der Waals surface area (Å²) < 4.78 is 13.3. The Labute approximate surface area is 97.3 Å². The van der Waals surface area contributed by atoms with E-state index in [0.29, 0.717) is 12.0 Å². The van der Waals surface area contributed by atoms with E-state index in [1.54, 1.807) is 18.2 Å². The molecule has 0 aromatic heterocycles. The molecule has 0 aliphatic carbocycles. The Morgan fingerprint density at radius 3 is 2.50 bits per heavy atom. The van der Waals surface area contributed by atoms with Crippen LogP contribution in [0.25, 0.3) is 0 Å². The summed E-state index contributed by atoms with van der Waals surface area (Å²) >= 11 is 0. The summed E-state index contributed by atoms with van der Waals surface area (Å²) in [6, 6.07) is 6.47. The Kier molecular flexibility index (Phi) is 6.09. The van der Waals surface area contributed by atoms with Crippen molar-refractivity contribution in [1.29, 1.82) is 0 Å². The highest BCUT2D eigenvalue weighted by atomic mass is 19.1. The second-order valence-electron chi connectivity index (χ2n) is 4.24. The quantitative estimate of drug-likeness (QED) is 0.687. The molecule has 1 aromatic rings. The van der Waals surface area contributed by atoms with Crippen molar-refractivity contribution in [1.82, 2.24) is 0 Å². The fourth-order valence-corrected chi connectivity index (χ4v) is 1.84. The van der Waals surface area contributed by atoms with Crippen molar-refractivity contribution in [2.45, 2.75) is 51.6 Å². The first-order valence-corrected chi connectivity index (χ1v) is 6.18. The third-order valence-corrected chi connectivity index (χ3v) is 2.85. The summed E-state index contributed by atoms with van der Waals surface area (Å²) in [5.41, 5.74) is 0.429. The minimum Gasteiger partial charge on any atom is -0.388 e. The van der Waals surface area contributed by atoms with E-state index in [0.717, 1.165) is 12.8 Å². The van der Waals surface area contributed by atoms with Gasteiger partial charge in [0.05, 0.1) is 6.10 Å². The van der Waals surface area contributed by atoms with Crippen molar-refractivity contribution < 1.29 is 9.50 Å². The topological polar surface area (TPSA) is 20.2 Å². The maximum absolute atomic E-state index is 13.3. The zero-order valence-electron chi connectivity index (χ0n) is 9.95. The lowest BCUT2D eigenvalue weighted by atomic mass is 10.0. The van der Waals surface area contributed by atoms with Crippen LogP contribution in [-0.2, 0) is 0 Å². The predicted octanol–water partition coefficient (Wildman–Crippen LogP) is 4.22. The molecular weight excluding hydrogens is 203 g/mol. The van der Waals surface area contributed by atoms with Crippen LogP contribution in [0.1, 0.15) is 57.1 Å².